The van der Waals surface area contributed by atoms with Crippen LogP contribution in [0, 0.1) is 21.8 Å². The molecule has 1 aromatic heterocycles. The van der Waals surface area contributed by atoms with Gasteiger partial charge in [-0.1, -0.05) is 0 Å². The minimum atomic E-state index is -0.549. The van der Waals surface area contributed by atoms with E-state index in [1.807, 2.05) is 0 Å². The van der Waals surface area contributed by atoms with Gasteiger partial charge in [-0.25, -0.2) is 4.98 Å². The first kappa shape index (κ1) is 15.8. The molecule has 0 fully saturated rings. The summed E-state index contributed by atoms with van der Waals surface area (Å²) in [6, 6.07) is 4.39. The van der Waals surface area contributed by atoms with Crippen molar-refractivity contribution in [2.24, 2.45) is 0 Å². The van der Waals surface area contributed by atoms with Crippen LogP contribution in [0.4, 0.5) is 5.69 Å². The Bertz CT molecular complexity index is 829. The zero-order chi connectivity index (χ0) is 16.4. The number of nitro benzene ring substituents is 1. The van der Waals surface area contributed by atoms with E-state index in [2.05, 4.69) is 9.97 Å². The van der Waals surface area contributed by atoms with Crippen LogP contribution in [0.1, 0.15) is 23.0 Å². The molecule has 0 saturated carbocycles. The Morgan fingerprint density at radius 2 is 2.14 bits per heavy atom. The molecule has 0 aliphatic carbocycles. The van der Waals surface area contributed by atoms with Crippen LogP contribution in [0.2, 0.25) is 0 Å². The molecule has 0 spiro atoms. The summed E-state index contributed by atoms with van der Waals surface area (Å²) in [6.07, 6.45) is 0. The number of aromatic amines is 1. The number of rotatable bonds is 4. The van der Waals surface area contributed by atoms with Crippen LogP contribution in [-0.2, 0) is 0 Å². The number of benzene rings is 1. The number of hydrogen-bond donors (Lipinski definition) is 1. The summed E-state index contributed by atoms with van der Waals surface area (Å²) in [6.45, 7) is 3.11. The summed E-state index contributed by atoms with van der Waals surface area (Å²) in [7, 11) is 1.35. The van der Waals surface area contributed by atoms with Gasteiger partial charge in [0.1, 0.15) is 0 Å². The van der Waals surface area contributed by atoms with E-state index in [1.165, 1.54) is 26.2 Å². The summed E-state index contributed by atoms with van der Waals surface area (Å²) < 4.78 is 5.17. The minimum Gasteiger partial charge on any atom is -0.490 e. The maximum Gasteiger partial charge on any atom is 0.311 e. The van der Waals surface area contributed by atoms with Gasteiger partial charge in [-0.2, -0.15) is 0 Å². The molecular weight excluding hydrogens is 306 g/mol. The summed E-state index contributed by atoms with van der Waals surface area (Å²) in [4.78, 5) is 29.4. The van der Waals surface area contributed by atoms with Crippen LogP contribution < -0.4 is 4.74 Å². The number of hydrogen-bond acceptors (Lipinski definition) is 6. The van der Waals surface area contributed by atoms with E-state index in [9.17, 15) is 14.9 Å². The van der Waals surface area contributed by atoms with E-state index in [-0.39, 0.29) is 22.0 Å². The molecule has 1 N–H and O–H groups in total. The van der Waals surface area contributed by atoms with E-state index in [0.29, 0.717) is 22.5 Å². The Kier molecular flexibility index (Phi) is 4.32. The summed E-state index contributed by atoms with van der Waals surface area (Å²) in [5.74, 6) is -0.0688. The first-order valence-corrected chi connectivity index (χ1v) is 6.70. The Morgan fingerprint density at radius 3 is 2.68 bits per heavy atom. The van der Waals surface area contributed by atoms with Crippen molar-refractivity contribution in [3.63, 3.8) is 0 Å². The lowest BCUT2D eigenvalue weighted by molar-refractivity contribution is -0.385. The number of carbonyl (C=O) groups is 1. The Balaban J connectivity index is 2.77. The highest BCUT2D eigenvalue weighted by Crippen LogP contribution is 2.33. The van der Waals surface area contributed by atoms with E-state index in [0.717, 1.165) is 0 Å². The predicted molar refractivity (Wildman–Crippen MR) is 82.8 cm³/mol. The molecule has 0 amide bonds. The number of Topliss-reactive ketones (excluding diaryl/α,β-unsaturated/α-hetero) is 1. The van der Waals surface area contributed by atoms with Crippen LogP contribution >= 0.6 is 12.2 Å². The van der Waals surface area contributed by atoms with Gasteiger partial charge in [0.2, 0.25) is 0 Å². The summed E-state index contributed by atoms with van der Waals surface area (Å²) in [5.41, 5.74) is 1.47. The van der Waals surface area contributed by atoms with Gasteiger partial charge in [0.15, 0.2) is 16.3 Å². The average Bonchev–Trinajstić information content (AvgIpc) is 2.45. The summed E-state index contributed by atoms with van der Waals surface area (Å²) in [5, 5.41) is 11.1. The van der Waals surface area contributed by atoms with Crippen LogP contribution in [0.3, 0.4) is 0 Å². The van der Waals surface area contributed by atoms with Crippen molar-refractivity contribution >= 4 is 23.7 Å². The number of H-pyrrole nitrogens is 1. The summed E-state index contributed by atoms with van der Waals surface area (Å²) >= 11 is 5.03. The molecule has 0 bridgehead atoms. The molecular formula is C14H13N3O4S. The molecule has 0 saturated heterocycles. The van der Waals surface area contributed by atoms with Gasteiger partial charge in [-0.05, 0) is 38.2 Å². The van der Waals surface area contributed by atoms with Gasteiger partial charge in [0, 0.05) is 17.3 Å². The van der Waals surface area contributed by atoms with E-state index in [4.69, 9.17) is 17.0 Å². The van der Waals surface area contributed by atoms with Gasteiger partial charge in [-0.15, -0.1) is 0 Å². The third kappa shape index (κ3) is 2.86. The number of nitro groups is 1. The van der Waals surface area contributed by atoms with E-state index >= 15 is 0 Å². The number of nitrogens with zero attached hydrogens (tertiary/aromatic N) is 2. The number of aromatic nitrogens is 2. The first-order valence-electron chi connectivity index (χ1n) is 6.29. The molecule has 0 unspecified atom stereocenters. The fourth-order valence-corrected chi connectivity index (χ4v) is 2.45. The molecule has 7 nitrogen and oxygen atoms in total. The number of nitrogens with one attached hydrogen (secondary N) is 1. The molecule has 0 aliphatic heterocycles. The van der Waals surface area contributed by atoms with Gasteiger partial charge in [0.05, 0.1) is 23.3 Å². The molecule has 0 aliphatic rings. The predicted octanol–water partition coefficient (Wildman–Crippen LogP) is 3.23. The minimum absolute atomic E-state index is 0.135. The lowest BCUT2D eigenvalue weighted by Gasteiger charge is -2.10. The fraction of sp³-hybridized carbons (Fsp3) is 0.214. The molecule has 114 valence electrons. The van der Waals surface area contributed by atoms with Crippen molar-refractivity contribution < 1.29 is 14.5 Å². The zero-order valence-electron chi connectivity index (χ0n) is 12.2. The quantitative estimate of drug-likeness (QED) is 0.402. The number of carbonyl (C=O) groups excluding carboxylic acids is 1. The smallest absolute Gasteiger partial charge is 0.311 e. The highest BCUT2D eigenvalue weighted by Gasteiger charge is 2.20. The van der Waals surface area contributed by atoms with Crippen molar-refractivity contribution in [2.75, 3.05) is 7.11 Å². The van der Waals surface area contributed by atoms with Gasteiger partial charge >= 0.3 is 5.69 Å². The average molecular weight is 319 g/mol. The Morgan fingerprint density at radius 1 is 1.45 bits per heavy atom. The van der Waals surface area contributed by atoms with Crippen molar-refractivity contribution in [2.45, 2.75) is 13.8 Å². The maximum atomic E-state index is 11.9. The first-order chi connectivity index (χ1) is 10.3. The molecule has 0 radical (unpaired) electrons. The SMILES string of the molecule is COc1ccc(-c2nc(=S)[nH]c(C)c2C(C)=O)cc1[N+](=O)[O-]. The molecule has 8 heteroatoms. The molecule has 1 aromatic carbocycles. The molecule has 1 heterocycles. The van der Waals surface area contributed by atoms with Gasteiger partial charge in [0.25, 0.3) is 0 Å². The second kappa shape index (κ2) is 6.02. The molecule has 2 rings (SSSR count). The standard InChI is InChI=1S/C14H13N3O4S/c1-7-12(8(2)18)13(16-14(22)15-7)9-4-5-11(21-3)10(6-9)17(19)20/h4-6H,1-3H3,(H,15,16,22). The van der Waals surface area contributed by atoms with Crippen LogP contribution in [-0.4, -0.2) is 27.8 Å². The molecule has 0 atom stereocenters. The second-order valence-electron chi connectivity index (χ2n) is 4.59. The Labute approximate surface area is 131 Å². The van der Waals surface area contributed by atoms with Crippen molar-refractivity contribution in [3.05, 3.63) is 44.3 Å². The number of aryl methyl sites for hydroxylation is 1. The largest absolute Gasteiger partial charge is 0.490 e. The Hall–Kier alpha value is -2.61. The molecule has 22 heavy (non-hydrogen) atoms. The second-order valence-corrected chi connectivity index (χ2v) is 4.98. The normalized spacial score (nSPS) is 10.3. The van der Waals surface area contributed by atoms with Crippen LogP contribution in [0.5, 0.6) is 5.75 Å². The van der Waals surface area contributed by atoms with Crippen LogP contribution in [0.15, 0.2) is 18.2 Å². The lowest BCUT2D eigenvalue weighted by Crippen LogP contribution is -2.05. The van der Waals surface area contributed by atoms with Gasteiger partial charge in [-0.3, -0.25) is 14.9 Å². The number of methoxy groups -OCH3 is 1. The van der Waals surface area contributed by atoms with Gasteiger partial charge < -0.3 is 9.72 Å². The van der Waals surface area contributed by atoms with Crippen molar-refractivity contribution in [3.8, 4) is 17.0 Å². The lowest BCUT2D eigenvalue weighted by atomic mass is 10.0. The number of ether oxygens (including phenoxy) is 1. The van der Waals surface area contributed by atoms with E-state index < -0.39 is 4.92 Å². The highest BCUT2D eigenvalue weighted by molar-refractivity contribution is 7.71. The fourth-order valence-electron chi connectivity index (χ4n) is 2.21. The van der Waals surface area contributed by atoms with Crippen molar-refractivity contribution in [1.82, 2.24) is 9.97 Å². The van der Waals surface area contributed by atoms with E-state index in [1.54, 1.807) is 13.0 Å². The third-order valence-electron chi connectivity index (χ3n) is 3.12. The topological polar surface area (TPSA) is 98.1 Å². The monoisotopic (exact) mass is 319 g/mol. The highest BCUT2D eigenvalue weighted by atomic mass is 32.1. The van der Waals surface area contributed by atoms with Crippen LogP contribution in [0.25, 0.3) is 11.3 Å². The third-order valence-corrected chi connectivity index (χ3v) is 3.31. The maximum absolute atomic E-state index is 11.9. The number of ketones is 1. The molecule has 2 aromatic rings. The zero-order valence-corrected chi connectivity index (χ0v) is 13.0. The van der Waals surface area contributed by atoms with Crippen molar-refractivity contribution in [1.29, 1.82) is 0 Å².